The SMILES string of the molecule is Cc1cc(Cl)c(C(=O)CN(C(=O)c2cnn(C3CCC(CC(O)=[OH+])CC3)c2C(F)(F)F)C2C[C@@H]3[C@H](C2)C3(C)C)c(Cl)c1. The first kappa shape index (κ1) is 30.9. The van der Waals surface area contributed by atoms with Gasteiger partial charge in [-0.3, -0.25) is 14.3 Å². The van der Waals surface area contributed by atoms with E-state index in [9.17, 15) is 32.7 Å². The average Bonchev–Trinajstić information content (AvgIpc) is 3.30. The molecule has 5 rings (SSSR count). The third-order valence-corrected chi connectivity index (χ3v) is 10.3. The summed E-state index contributed by atoms with van der Waals surface area (Å²) in [6.07, 6.45) is -0.930. The second-order valence-corrected chi connectivity index (χ2v) is 13.6. The van der Waals surface area contributed by atoms with E-state index in [-0.39, 0.29) is 33.4 Å². The van der Waals surface area contributed by atoms with Gasteiger partial charge in [-0.2, -0.15) is 18.3 Å². The number of carbonyl (C=O) groups excluding carboxylic acids is 2. The molecule has 1 aromatic carbocycles. The van der Waals surface area contributed by atoms with E-state index in [1.165, 1.54) is 4.90 Å². The summed E-state index contributed by atoms with van der Waals surface area (Å²) < 4.78 is 44.7. The van der Waals surface area contributed by atoms with Crippen LogP contribution in [0.15, 0.2) is 18.3 Å². The number of halogens is 5. The number of carboxylic acid groups (broad SMARTS) is 1. The van der Waals surface area contributed by atoms with Gasteiger partial charge in [0.1, 0.15) is 6.42 Å². The molecular formula is C30H35Cl2F3N3O4+. The molecule has 0 saturated heterocycles. The largest absolute Gasteiger partial charge is 0.480 e. The van der Waals surface area contributed by atoms with Crippen LogP contribution in [0.25, 0.3) is 0 Å². The molecule has 0 bridgehead atoms. The minimum atomic E-state index is -4.87. The zero-order valence-corrected chi connectivity index (χ0v) is 25.2. The Kier molecular flexibility index (Phi) is 8.20. The Hall–Kier alpha value is -2.59. The summed E-state index contributed by atoms with van der Waals surface area (Å²) in [5.74, 6) is -1.50. The highest BCUT2D eigenvalue weighted by Gasteiger charge is 2.63. The Morgan fingerprint density at radius 2 is 1.69 bits per heavy atom. The molecule has 3 fully saturated rings. The minimum Gasteiger partial charge on any atom is -0.339 e. The molecule has 3 aliphatic carbocycles. The highest BCUT2D eigenvalue weighted by molar-refractivity contribution is 6.40. The summed E-state index contributed by atoms with van der Waals surface area (Å²) in [6, 6.07) is 2.16. The lowest BCUT2D eigenvalue weighted by atomic mass is 9.84. The van der Waals surface area contributed by atoms with Gasteiger partial charge in [-0.25, -0.2) is 0 Å². The van der Waals surface area contributed by atoms with Crippen molar-refractivity contribution in [3.8, 4) is 0 Å². The number of carbonyl (C=O) groups is 2. The van der Waals surface area contributed by atoms with E-state index in [0.717, 1.165) is 16.4 Å². The molecule has 1 aromatic heterocycles. The molecule has 12 heteroatoms. The number of aliphatic hydroxyl groups excluding tert-OH is 1. The number of ketones is 1. The first-order valence-electron chi connectivity index (χ1n) is 14.3. The number of fused-ring (bicyclic) bond motifs is 1. The molecule has 3 aliphatic rings. The van der Waals surface area contributed by atoms with Gasteiger partial charge in [0.25, 0.3) is 5.91 Å². The second-order valence-electron chi connectivity index (χ2n) is 12.8. The van der Waals surface area contributed by atoms with Gasteiger partial charge in [0.05, 0.1) is 40.0 Å². The monoisotopic (exact) mass is 628 g/mol. The highest BCUT2D eigenvalue weighted by Crippen LogP contribution is 2.67. The second kappa shape index (κ2) is 11.2. The molecule has 7 nitrogen and oxygen atoms in total. The van der Waals surface area contributed by atoms with Crippen LogP contribution in [0.1, 0.15) is 96.8 Å². The standard InChI is InChI=1S/C30H34Cl2F3N3O4/c1-15-8-22(31)26(23(32)9-15)24(39)14-37(18-11-20-21(12-18)29(20,2)3)28(42)19-13-36-38(27(19)30(33,34)35)17-6-4-16(5-7-17)10-25(40)41/h8-9,13,16-18,20-21H,4-7,10-12,14H2,1-3H3,(H,40,41)/p+1/t16?,17?,18?,20-,21+. The van der Waals surface area contributed by atoms with Crippen molar-refractivity contribution < 1.29 is 32.7 Å². The fourth-order valence-electron chi connectivity index (χ4n) is 7.38. The lowest BCUT2D eigenvalue weighted by molar-refractivity contribution is -0.145. The van der Waals surface area contributed by atoms with Crippen molar-refractivity contribution in [2.24, 2.45) is 23.2 Å². The van der Waals surface area contributed by atoms with E-state index < -0.39 is 53.7 Å². The minimum absolute atomic E-state index is 0.0416. The van der Waals surface area contributed by atoms with Gasteiger partial charge in [-0.05, 0) is 86.3 Å². The molecule has 0 spiro atoms. The number of carboxylic acids is 1. The molecule has 228 valence electrons. The van der Waals surface area contributed by atoms with Crippen LogP contribution in [-0.2, 0) is 6.18 Å². The Balaban J connectivity index is 1.46. The number of hydrogen-bond donors (Lipinski definition) is 1. The van der Waals surface area contributed by atoms with Crippen LogP contribution in [-0.4, -0.2) is 54.8 Å². The third-order valence-electron chi connectivity index (χ3n) is 9.75. The van der Waals surface area contributed by atoms with Crippen LogP contribution in [0.4, 0.5) is 13.2 Å². The van der Waals surface area contributed by atoms with Gasteiger partial charge in [0, 0.05) is 6.04 Å². The van der Waals surface area contributed by atoms with Gasteiger partial charge >= 0.3 is 12.1 Å². The van der Waals surface area contributed by atoms with Crippen molar-refractivity contribution in [1.82, 2.24) is 14.7 Å². The molecule has 2 aromatic rings. The number of aliphatic carboxylic acids is 1. The molecular weight excluding hydrogens is 594 g/mol. The zero-order chi connectivity index (χ0) is 30.7. The molecule has 0 radical (unpaired) electrons. The maximum Gasteiger partial charge on any atom is 0.480 e. The number of aryl methyl sites for hydroxylation is 1. The molecule has 1 heterocycles. The Bertz CT molecular complexity index is 1380. The van der Waals surface area contributed by atoms with Gasteiger partial charge in [-0.1, -0.05) is 37.0 Å². The smallest absolute Gasteiger partial charge is 0.339 e. The van der Waals surface area contributed by atoms with Gasteiger partial charge in [-0.15, -0.1) is 0 Å². The number of benzene rings is 1. The molecule has 42 heavy (non-hydrogen) atoms. The van der Waals surface area contributed by atoms with Gasteiger partial charge in [0.2, 0.25) is 0 Å². The molecule has 0 aliphatic heterocycles. The van der Waals surface area contributed by atoms with E-state index >= 15 is 0 Å². The van der Waals surface area contributed by atoms with Crippen molar-refractivity contribution in [1.29, 1.82) is 0 Å². The maximum atomic E-state index is 14.6. The van der Waals surface area contributed by atoms with Crippen LogP contribution in [0, 0.1) is 30.1 Å². The van der Waals surface area contributed by atoms with Crippen molar-refractivity contribution in [2.45, 2.75) is 84.0 Å². The predicted molar refractivity (Wildman–Crippen MR) is 153 cm³/mol. The van der Waals surface area contributed by atoms with Crippen LogP contribution < -0.4 is 0 Å². The van der Waals surface area contributed by atoms with E-state index in [2.05, 4.69) is 18.9 Å². The Morgan fingerprint density at radius 1 is 1.12 bits per heavy atom. The number of hydrogen-bond acceptors (Lipinski definition) is 3. The number of rotatable bonds is 8. The van der Waals surface area contributed by atoms with Crippen LogP contribution in [0.5, 0.6) is 0 Å². The molecule has 1 unspecified atom stereocenters. The highest BCUT2D eigenvalue weighted by atomic mass is 35.5. The third kappa shape index (κ3) is 5.81. The lowest BCUT2D eigenvalue weighted by Gasteiger charge is -2.32. The molecule has 3 saturated carbocycles. The van der Waals surface area contributed by atoms with E-state index in [0.29, 0.717) is 50.4 Å². The summed E-state index contributed by atoms with van der Waals surface area (Å²) in [5.41, 5.74) is -0.820. The summed E-state index contributed by atoms with van der Waals surface area (Å²) in [4.78, 5) is 38.0. The fourth-order valence-corrected chi connectivity index (χ4v) is 8.19. The van der Waals surface area contributed by atoms with E-state index in [1.807, 2.05) is 0 Å². The number of nitrogens with zero attached hydrogens (tertiary/aromatic N) is 3. The first-order chi connectivity index (χ1) is 19.6. The quantitative estimate of drug-likeness (QED) is 0.242. The van der Waals surface area contributed by atoms with E-state index in [1.54, 1.807) is 19.1 Å². The van der Waals surface area contributed by atoms with Crippen molar-refractivity contribution in [3.05, 3.63) is 50.8 Å². The first-order valence-corrected chi connectivity index (χ1v) is 15.0. The van der Waals surface area contributed by atoms with Gasteiger partial charge in [0.15, 0.2) is 11.5 Å². The van der Waals surface area contributed by atoms with E-state index in [4.69, 9.17) is 23.2 Å². The molecule has 3 atom stereocenters. The van der Waals surface area contributed by atoms with Crippen molar-refractivity contribution in [2.75, 3.05) is 6.54 Å². The summed E-state index contributed by atoms with van der Waals surface area (Å²) >= 11 is 12.7. The maximum absolute atomic E-state index is 14.6. The Morgan fingerprint density at radius 3 is 2.21 bits per heavy atom. The number of aromatic nitrogens is 2. The summed E-state index contributed by atoms with van der Waals surface area (Å²) in [7, 11) is 0. The van der Waals surface area contributed by atoms with Gasteiger partial charge < -0.3 is 14.8 Å². The molecule has 2 N–H and O–H groups in total. The lowest BCUT2D eigenvalue weighted by Crippen LogP contribution is -2.44. The van der Waals surface area contributed by atoms with Crippen LogP contribution in [0.2, 0.25) is 10.0 Å². The normalized spacial score (nSPS) is 26.5. The number of Topliss-reactive ketones (excluding diaryl/α,β-unsaturated/α-hetero) is 1. The number of alkyl halides is 3. The Labute approximate surface area is 252 Å². The average molecular weight is 630 g/mol. The van der Waals surface area contributed by atoms with Crippen LogP contribution in [0.3, 0.4) is 0 Å². The number of amides is 1. The predicted octanol–water partition coefficient (Wildman–Crippen LogP) is 7.46. The van der Waals surface area contributed by atoms with Crippen molar-refractivity contribution in [3.63, 3.8) is 0 Å². The van der Waals surface area contributed by atoms with Crippen LogP contribution >= 0.6 is 23.2 Å². The summed E-state index contributed by atoms with van der Waals surface area (Å²) in [5, 5.41) is 13.5. The fraction of sp³-hybridized carbons (Fsp3) is 0.600. The topological polar surface area (TPSA) is 96.8 Å². The zero-order valence-electron chi connectivity index (χ0n) is 23.7. The summed E-state index contributed by atoms with van der Waals surface area (Å²) in [6.45, 7) is 5.59. The molecule has 1 amide bonds. The van der Waals surface area contributed by atoms with Crippen molar-refractivity contribution >= 4 is 40.9 Å².